The topological polar surface area (TPSA) is 81.8 Å². The highest BCUT2D eigenvalue weighted by Crippen LogP contribution is 2.14. The molecular weight excluding hydrogens is 186 g/mol. The van der Waals surface area contributed by atoms with Gasteiger partial charge in [0.25, 0.3) is 0 Å². The number of aliphatic hydroxyl groups is 1. The van der Waals surface area contributed by atoms with Crippen molar-refractivity contribution >= 4 is 6.09 Å². The number of ether oxygens (including phenoxy) is 2. The van der Waals surface area contributed by atoms with E-state index in [0.717, 1.165) is 0 Å². The molecule has 0 aliphatic heterocycles. The van der Waals surface area contributed by atoms with Crippen LogP contribution in [-0.2, 0) is 9.47 Å². The number of hydrogen-bond acceptors (Lipinski definition) is 4. The number of primary amides is 1. The van der Waals surface area contributed by atoms with E-state index in [1.807, 2.05) is 20.8 Å². The summed E-state index contributed by atoms with van der Waals surface area (Å²) in [6, 6.07) is 0. The molecule has 0 fully saturated rings. The molecule has 0 aliphatic carbocycles. The summed E-state index contributed by atoms with van der Waals surface area (Å²) in [4.78, 5) is 10.5. The zero-order valence-corrected chi connectivity index (χ0v) is 9.11. The van der Waals surface area contributed by atoms with E-state index >= 15 is 0 Å². The molecule has 84 valence electrons. The molecule has 0 aromatic carbocycles. The molecule has 0 saturated carbocycles. The second-order valence-electron chi connectivity index (χ2n) is 4.09. The summed E-state index contributed by atoms with van der Waals surface area (Å²) in [5, 5.41) is 8.93. The molecule has 14 heavy (non-hydrogen) atoms. The summed E-state index contributed by atoms with van der Waals surface area (Å²) in [5.41, 5.74) is 4.49. The van der Waals surface area contributed by atoms with Gasteiger partial charge < -0.3 is 20.3 Å². The van der Waals surface area contributed by atoms with Crippen molar-refractivity contribution in [1.29, 1.82) is 0 Å². The first-order chi connectivity index (χ1) is 6.26. The van der Waals surface area contributed by atoms with Crippen molar-refractivity contribution in [3.8, 4) is 0 Å². The van der Waals surface area contributed by atoms with Gasteiger partial charge in [-0.1, -0.05) is 0 Å². The van der Waals surface area contributed by atoms with E-state index in [2.05, 4.69) is 4.74 Å². The third kappa shape index (κ3) is 5.77. The van der Waals surface area contributed by atoms with Gasteiger partial charge in [0.1, 0.15) is 0 Å². The smallest absolute Gasteiger partial charge is 0.404 e. The molecule has 0 aromatic rings. The minimum absolute atomic E-state index is 0.305. The van der Waals surface area contributed by atoms with E-state index < -0.39 is 18.3 Å². The van der Waals surface area contributed by atoms with E-state index in [-0.39, 0.29) is 12.2 Å². The molecule has 0 saturated heterocycles. The van der Waals surface area contributed by atoms with Crippen LogP contribution in [0.15, 0.2) is 0 Å². The average Bonchev–Trinajstić information content (AvgIpc) is 1.96. The van der Waals surface area contributed by atoms with Crippen LogP contribution in [0.3, 0.4) is 0 Å². The van der Waals surface area contributed by atoms with Crippen LogP contribution in [0.4, 0.5) is 4.79 Å². The Morgan fingerprint density at radius 1 is 1.50 bits per heavy atom. The second-order valence-corrected chi connectivity index (χ2v) is 4.09. The number of carbonyl (C=O) groups is 1. The largest absolute Gasteiger partial charge is 0.441 e. The molecule has 0 heterocycles. The highest BCUT2D eigenvalue weighted by atomic mass is 16.6. The lowest BCUT2D eigenvalue weighted by Gasteiger charge is -2.29. The van der Waals surface area contributed by atoms with Crippen molar-refractivity contribution in [2.75, 3.05) is 6.61 Å². The Morgan fingerprint density at radius 3 is 2.29 bits per heavy atom. The van der Waals surface area contributed by atoms with Crippen LogP contribution < -0.4 is 5.73 Å². The van der Waals surface area contributed by atoms with Gasteiger partial charge in [0.05, 0.1) is 18.3 Å². The Bertz CT molecular complexity index is 188. The first-order valence-corrected chi connectivity index (χ1v) is 4.51. The SMILES string of the molecule is CC(OC(C)(C)C)C(CO)OC(N)=O. The molecule has 0 spiro atoms. The zero-order chi connectivity index (χ0) is 11.4. The maximum Gasteiger partial charge on any atom is 0.404 e. The number of nitrogens with two attached hydrogens (primary N) is 1. The Kier molecular flexibility index (Phi) is 4.87. The van der Waals surface area contributed by atoms with Crippen LogP contribution in [0, 0.1) is 0 Å². The van der Waals surface area contributed by atoms with Gasteiger partial charge in [-0.15, -0.1) is 0 Å². The summed E-state index contributed by atoms with van der Waals surface area (Å²) >= 11 is 0. The van der Waals surface area contributed by atoms with Gasteiger partial charge in [-0.05, 0) is 27.7 Å². The minimum Gasteiger partial charge on any atom is -0.441 e. The van der Waals surface area contributed by atoms with Gasteiger partial charge >= 0.3 is 6.09 Å². The normalized spacial score (nSPS) is 16.1. The number of aliphatic hydroxyl groups excluding tert-OH is 1. The van der Waals surface area contributed by atoms with Gasteiger partial charge in [-0.2, -0.15) is 0 Å². The molecule has 5 nitrogen and oxygen atoms in total. The van der Waals surface area contributed by atoms with Crippen molar-refractivity contribution in [2.24, 2.45) is 5.73 Å². The van der Waals surface area contributed by atoms with E-state index in [1.165, 1.54) is 0 Å². The van der Waals surface area contributed by atoms with E-state index in [0.29, 0.717) is 0 Å². The number of hydrogen-bond donors (Lipinski definition) is 2. The standard InChI is InChI=1S/C9H19NO4/c1-6(14-9(2,3)4)7(5-11)13-8(10)12/h6-7,11H,5H2,1-4H3,(H2,10,12). The molecule has 5 heteroatoms. The van der Waals surface area contributed by atoms with Crippen molar-refractivity contribution < 1.29 is 19.4 Å². The first-order valence-electron chi connectivity index (χ1n) is 4.51. The van der Waals surface area contributed by atoms with Crippen molar-refractivity contribution in [3.63, 3.8) is 0 Å². The molecule has 3 N–H and O–H groups in total. The van der Waals surface area contributed by atoms with Crippen molar-refractivity contribution in [3.05, 3.63) is 0 Å². The van der Waals surface area contributed by atoms with Crippen LogP contribution >= 0.6 is 0 Å². The molecule has 0 radical (unpaired) electrons. The van der Waals surface area contributed by atoms with Gasteiger partial charge in [-0.3, -0.25) is 0 Å². The predicted molar refractivity (Wildman–Crippen MR) is 51.8 cm³/mol. The van der Waals surface area contributed by atoms with Crippen LogP contribution in [-0.4, -0.2) is 35.6 Å². The number of rotatable bonds is 4. The summed E-state index contributed by atoms with van der Waals surface area (Å²) in [6.45, 7) is 7.04. The zero-order valence-electron chi connectivity index (χ0n) is 9.11. The molecular formula is C9H19NO4. The third-order valence-corrected chi connectivity index (χ3v) is 1.51. The lowest BCUT2D eigenvalue weighted by Crippen LogP contribution is -2.40. The quantitative estimate of drug-likeness (QED) is 0.705. The fraction of sp³-hybridized carbons (Fsp3) is 0.889. The molecule has 0 aliphatic rings. The number of carbonyl (C=O) groups excluding carboxylic acids is 1. The van der Waals surface area contributed by atoms with Crippen molar-refractivity contribution in [2.45, 2.75) is 45.5 Å². The third-order valence-electron chi connectivity index (χ3n) is 1.51. The predicted octanol–water partition coefficient (Wildman–Crippen LogP) is 0.646. The Morgan fingerprint density at radius 2 is 2.00 bits per heavy atom. The van der Waals surface area contributed by atoms with E-state index in [1.54, 1.807) is 6.92 Å². The Balaban J connectivity index is 4.17. The maximum absolute atomic E-state index is 10.5. The van der Waals surface area contributed by atoms with Crippen LogP contribution in [0.1, 0.15) is 27.7 Å². The molecule has 0 aromatic heterocycles. The van der Waals surface area contributed by atoms with Crippen LogP contribution in [0.2, 0.25) is 0 Å². The van der Waals surface area contributed by atoms with Gasteiger partial charge in [-0.25, -0.2) is 4.79 Å². The van der Waals surface area contributed by atoms with Gasteiger partial charge in [0, 0.05) is 0 Å². The highest BCUT2D eigenvalue weighted by molar-refractivity contribution is 5.64. The molecule has 0 rings (SSSR count). The Labute approximate surface area is 84.2 Å². The minimum atomic E-state index is -0.909. The first kappa shape index (κ1) is 13.2. The Hall–Kier alpha value is -0.810. The van der Waals surface area contributed by atoms with E-state index in [4.69, 9.17) is 15.6 Å². The summed E-state index contributed by atoms with van der Waals surface area (Å²) < 4.78 is 10.2. The van der Waals surface area contributed by atoms with Crippen LogP contribution in [0.25, 0.3) is 0 Å². The fourth-order valence-electron chi connectivity index (χ4n) is 1.06. The summed E-state index contributed by atoms with van der Waals surface area (Å²) in [5.74, 6) is 0. The molecule has 0 bridgehead atoms. The summed E-state index contributed by atoms with van der Waals surface area (Å²) in [7, 11) is 0. The van der Waals surface area contributed by atoms with E-state index in [9.17, 15) is 4.79 Å². The lowest BCUT2D eigenvalue weighted by atomic mass is 10.1. The molecule has 1 amide bonds. The lowest BCUT2D eigenvalue weighted by molar-refractivity contribution is -0.113. The monoisotopic (exact) mass is 205 g/mol. The van der Waals surface area contributed by atoms with Crippen molar-refractivity contribution in [1.82, 2.24) is 0 Å². The van der Waals surface area contributed by atoms with Gasteiger partial charge in [0.15, 0.2) is 6.10 Å². The average molecular weight is 205 g/mol. The highest BCUT2D eigenvalue weighted by Gasteiger charge is 2.25. The van der Waals surface area contributed by atoms with Crippen LogP contribution in [0.5, 0.6) is 0 Å². The molecule has 2 unspecified atom stereocenters. The summed E-state index contributed by atoms with van der Waals surface area (Å²) in [6.07, 6.45) is -2.02. The fourth-order valence-corrected chi connectivity index (χ4v) is 1.06. The maximum atomic E-state index is 10.5. The second kappa shape index (κ2) is 5.17. The molecule has 2 atom stereocenters. The number of amides is 1. The van der Waals surface area contributed by atoms with Gasteiger partial charge in [0.2, 0.25) is 0 Å².